The zero-order valence-corrected chi connectivity index (χ0v) is 15.8. The van der Waals surface area contributed by atoms with Gasteiger partial charge in [-0.3, -0.25) is 0 Å². The van der Waals surface area contributed by atoms with Crippen LogP contribution in [-0.4, -0.2) is 29.1 Å². The molecule has 0 radical (unpaired) electrons. The van der Waals surface area contributed by atoms with Crippen LogP contribution in [0.3, 0.4) is 0 Å². The summed E-state index contributed by atoms with van der Waals surface area (Å²) in [4.78, 5) is 20.4. The molecule has 3 aromatic rings. The molecule has 2 aromatic carbocycles. The molecule has 1 atom stereocenters. The van der Waals surface area contributed by atoms with Crippen LogP contribution in [-0.2, 0) is 4.74 Å². The van der Waals surface area contributed by atoms with E-state index in [1.807, 2.05) is 24.3 Å². The highest BCUT2D eigenvalue weighted by molar-refractivity contribution is 5.89. The number of ether oxygens (including phenoxy) is 1. The Kier molecular flexibility index (Phi) is 7.56. The maximum Gasteiger partial charge on any atom is 0.338 e. The lowest BCUT2D eigenvalue weighted by atomic mass is 9.93. The van der Waals surface area contributed by atoms with E-state index in [0.29, 0.717) is 24.0 Å². The maximum atomic E-state index is 12.0. The summed E-state index contributed by atoms with van der Waals surface area (Å²) in [6.45, 7) is 1.20. The molecule has 3 rings (SSSR count). The summed E-state index contributed by atoms with van der Waals surface area (Å²) in [5.74, 6) is 0.721. The molecule has 0 saturated carbocycles. The third-order valence-corrected chi connectivity index (χ3v) is 4.53. The highest BCUT2D eigenvalue weighted by atomic mass is 16.5. The van der Waals surface area contributed by atoms with Crippen molar-refractivity contribution >= 4 is 11.9 Å². The Bertz CT molecular complexity index is 826. The minimum atomic E-state index is -0.261. The van der Waals surface area contributed by atoms with Gasteiger partial charge in [0, 0.05) is 24.9 Å². The van der Waals surface area contributed by atoms with E-state index in [0.717, 1.165) is 25.8 Å². The van der Waals surface area contributed by atoms with Gasteiger partial charge in [0.05, 0.1) is 12.2 Å². The van der Waals surface area contributed by atoms with Gasteiger partial charge in [-0.15, -0.1) is 0 Å². The molecule has 0 aliphatic carbocycles. The van der Waals surface area contributed by atoms with Crippen LogP contribution in [0.15, 0.2) is 79.1 Å². The van der Waals surface area contributed by atoms with Crippen LogP contribution in [0.2, 0.25) is 0 Å². The summed E-state index contributed by atoms with van der Waals surface area (Å²) in [5, 5.41) is 3.32. The Labute approximate surface area is 165 Å². The number of esters is 1. The molecule has 5 nitrogen and oxygen atoms in total. The number of hydrogen-bond donors (Lipinski definition) is 1. The molecule has 1 N–H and O–H groups in total. The van der Waals surface area contributed by atoms with E-state index in [9.17, 15) is 4.79 Å². The van der Waals surface area contributed by atoms with Crippen molar-refractivity contribution in [2.75, 3.05) is 18.5 Å². The van der Waals surface area contributed by atoms with Crippen LogP contribution in [0.1, 0.15) is 41.1 Å². The van der Waals surface area contributed by atoms with E-state index < -0.39 is 0 Å². The zero-order chi connectivity index (χ0) is 19.4. The Morgan fingerprint density at radius 1 is 0.893 bits per heavy atom. The van der Waals surface area contributed by atoms with Crippen LogP contribution < -0.4 is 5.32 Å². The van der Waals surface area contributed by atoms with Crippen molar-refractivity contribution in [1.29, 1.82) is 0 Å². The van der Waals surface area contributed by atoms with Crippen molar-refractivity contribution in [2.24, 2.45) is 0 Å². The van der Waals surface area contributed by atoms with Gasteiger partial charge >= 0.3 is 5.97 Å². The van der Waals surface area contributed by atoms with E-state index in [1.165, 1.54) is 5.56 Å². The van der Waals surface area contributed by atoms with Gasteiger partial charge in [-0.25, -0.2) is 14.8 Å². The number of benzene rings is 2. The molecule has 1 unspecified atom stereocenters. The van der Waals surface area contributed by atoms with Crippen LogP contribution in [0, 0.1) is 0 Å². The molecule has 0 saturated heterocycles. The van der Waals surface area contributed by atoms with Crippen LogP contribution in [0.25, 0.3) is 0 Å². The molecule has 0 aliphatic heterocycles. The molecule has 0 bridgehead atoms. The number of anilines is 1. The first-order valence-corrected chi connectivity index (χ1v) is 9.61. The van der Waals surface area contributed by atoms with Gasteiger partial charge in [-0.05, 0) is 43.0 Å². The second-order valence-corrected chi connectivity index (χ2v) is 6.56. The number of nitrogens with zero attached hydrogens (tertiary/aromatic N) is 2. The predicted octanol–water partition coefficient (Wildman–Crippen LogP) is 4.70. The van der Waals surface area contributed by atoms with Gasteiger partial charge in [0.2, 0.25) is 5.95 Å². The summed E-state index contributed by atoms with van der Waals surface area (Å²) in [6.07, 6.45) is 6.26. The van der Waals surface area contributed by atoms with Crippen molar-refractivity contribution in [3.05, 3.63) is 90.3 Å². The molecular weight excluding hydrogens is 350 g/mol. The molecule has 0 aliphatic rings. The molecule has 5 heteroatoms. The molecule has 0 amide bonds. The lowest BCUT2D eigenvalue weighted by Crippen LogP contribution is -2.15. The lowest BCUT2D eigenvalue weighted by Gasteiger charge is -2.18. The molecule has 1 aromatic heterocycles. The smallest absolute Gasteiger partial charge is 0.338 e. The Balaban J connectivity index is 1.46. The minimum absolute atomic E-state index is 0.261. The largest absolute Gasteiger partial charge is 0.462 e. The normalized spacial score (nSPS) is 11.6. The fourth-order valence-corrected chi connectivity index (χ4v) is 3.03. The summed E-state index contributed by atoms with van der Waals surface area (Å²) in [5.41, 5.74) is 1.88. The molecule has 0 spiro atoms. The molecule has 28 heavy (non-hydrogen) atoms. The van der Waals surface area contributed by atoms with Gasteiger partial charge in [-0.1, -0.05) is 48.5 Å². The molecule has 144 valence electrons. The Morgan fingerprint density at radius 3 is 2.29 bits per heavy atom. The first-order valence-electron chi connectivity index (χ1n) is 9.61. The lowest BCUT2D eigenvalue weighted by molar-refractivity contribution is 0.0497. The topological polar surface area (TPSA) is 64.1 Å². The third kappa shape index (κ3) is 6.20. The average Bonchev–Trinajstić information content (AvgIpc) is 2.77. The quantitative estimate of drug-likeness (QED) is 0.411. The number of nitrogens with one attached hydrogen (secondary N) is 1. The van der Waals surface area contributed by atoms with Crippen LogP contribution in [0.5, 0.6) is 0 Å². The third-order valence-electron chi connectivity index (χ3n) is 4.53. The van der Waals surface area contributed by atoms with E-state index in [2.05, 4.69) is 39.6 Å². The number of carbonyl (C=O) groups excluding carboxylic acids is 1. The number of aromatic nitrogens is 2. The Morgan fingerprint density at radius 2 is 1.57 bits per heavy atom. The predicted molar refractivity (Wildman–Crippen MR) is 110 cm³/mol. The number of rotatable bonds is 10. The Hall–Kier alpha value is -3.21. The standard InChI is InChI=1S/C23H25N3O2/c27-22(20-12-5-2-6-13-20)28-17-8-7-14-21(19-10-3-1-4-11-19)18-26-23-24-15-9-16-25-23/h1-6,9-13,15-16,21H,7-8,14,17-18H2,(H,24,25,26). The maximum absolute atomic E-state index is 12.0. The van der Waals surface area contributed by atoms with E-state index in [-0.39, 0.29) is 5.97 Å². The van der Waals surface area contributed by atoms with Gasteiger partial charge in [0.15, 0.2) is 0 Å². The first kappa shape index (κ1) is 19.5. The number of unbranched alkanes of at least 4 members (excludes halogenated alkanes) is 1. The van der Waals surface area contributed by atoms with Gasteiger partial charge in [0.25, 0.3) is 0 Å². The summed E-state index contributed by atoms with van der Waals surface area (Å²) in [7, 11) is 0. The van der Waals surface area contributed by atoms with Gasteiger partial charge < -0.3 is 10.1 Å². The van der Waals surface area contributed by atoms with Crippen molar-refractivity contribution in [3.63, 3.8) is 0 Å². The molecule has 1 heterocycles. The summed E-state index contributed by atoms with van der Waals surface area (Å²) < 4.78 is 5.37. The summed E-state index contributed by atoms with van der Waals surface area (Å²) >= 11 is 0. The van der Waals surface area contributed by atoms with Crippen LogP contribution >= 0.6 is 0 Å². The monoisotopic (exact) mass is 375 g/mol. The van der Waals surface area contributed by atoms with E-state index >= 15 is 0 Å². The van der Waals surface area contributed by atoms with Crippen molar-refractivity contribution < 1.29 is 9.53 Å². The van der Waals surface area contributed by atoms with Crippen LogP contribution in [0.4, 0.5) is 5.95 Å². The van der Waals surface area contributed by atoms with E-state index in [4.69, 9.17) is 4.74 Å². The first-order chi connectivity index (χ1) is 13.8. The summed E-state index contributed by atoms with van der Waals surface area (Å²) in [6, 6.07) is 21.3. The highest BCUT2D eigenvalue weighted by Gasteiger charge is 2.12. The molecule has 0 fully saturated rings. The number of carbonyl (C=O) groups is 1. The fourth-order valence-electron chi connectivity index (χ4n) is 3.03. The second kappa shape index (κ2) is 10.8. The second-order valence-electron chi connectivity index (χ2n) is 6.56. The highest BCUT2D eigenvalue weighted by Crippen LogP contribution is 2.22. The number of hydrogen-bond acceptors (Lipinski definition) is 5. The van der Waals surface area contributed by atoms with Crippen molar-refractivity contribution in [3.8, 4) is 0 Å². The minimum Gasteiger partial charge on any atom is -0.462 e. The molecular formula is C23H25N3O2. The average molecular weight is 375 g/mol. The van der Waals surface area contributed by atoms with Gasteiger partial charge in [-0.2, -0.15) is 0 Å². The fraction of sp³-hybridized carbons (Fsp3) is 0.261. The van der Waals surface area contributed by atoms with Crippen molar-refractivity contribution in [2.45, 2.75) is 25.2 Å². The van der Waals surface area contributed by atoms with Crippen molar-refractivity contribution in [1.82, 2.24) is 9.97 Å². The van der Waals surface area contributed by atoms with E-state index in [1.54, 1.807) is 30.6 Å². The SMILES string of the molecule is O=C(OCCCCC(CNc1ncccn1)c1ccccc1)c1ccccc1. The zero-order valence-electron chi connectivity index (χ0n) is 15.8. The van der Waals surface area contributed by atoms with Gasteiger partial charge in [0.1, 0.15) is 0 Å².